The number of ketones is 2. The van der Waals surface area contributed by atoms with E-state index in [1.165, 1.54) is 0 Å². The van der Waals surface area contributed by atoms with Crippen molar-refractivity contribution < 1.29 is 14.7 Å². The molecule has 3 rings (SSSR count). The molecule has 1 aromatic carbocycles. The van der Waals surface area contributed by atoms with Gasteiger partial charge in [0.2, 0.25) is 0 Å². The molecule has 6 heteroatoms. The zero-order chi connectivity index (χ0) is 19.0. The van der Waals surface area contributed by atoms with Gasteiger partial charge in [0.15, 0.2) is 11.6 Å². The Kier molecular flexibility index (Phi) is 5.14. The van der Waals surface area contributed by atoms with Gasteiger partial charge in [0.05, 0.1) is 5.69 Å². The van der Waals surface area contributed by atoms with Crippen LogP contribution in [0.4, 0.5) is 0 Å². The van der Waals surface area contributed by atoms with Crippen LogP contribution in [0.2, 0.25) is 0 Å². The van der Waals surface area contributed by atoms with Crippen molar-refractivity contribution in [3.63, 3.8) is 0 Å². The highest BCUT2D eigenvalue weighted by Gasteiger charge is 2.28. The predicted molar refractivity (Wildman–Crippen MR) is 103 cm³/mol. The van der Waals surface area contributed by atoms with Gasteiger partial charge in [-0.3, -0.25) is 14.3 Å². The van der Waals surface area contributed by atoms with Gasteiger partial charge in [0.1, 0.15) is 11.3 Å². The zero-order valence-electron chi connectivity index (χ0n) is 15.1. The number of aromatic nitrogens is 2. The molecule has 0 bridgehead atoms. The third kappa shape index (κ3) is 3.38. The normalized spacial score (nSPS) is 14.8. The van der Waals surface area contributed by atoms with E-state index < -0.39 is 0 Å². The van der Waals surface area contributed by atoms with E-state index >= 15 is 0 Å². The lowest BCUT2D eigenvalue weighted by Gasteiger charge is -2.16. The van der Waals surface area contributed by atoms with E-state index in [0.29, 0.717) is 31.2 Å². The molecule has 0 spiro atoms. The number of Topliss-reactive ketones (excluding diaryl/α,β-unsaturated/α-hetero) is 2. The average Bonchev–Trinajstić information content (AvgIpc) is 2.81. The molecule has 1 aliphatic carbocycles. The molecule has 0 radical (unpaired) electrons. The molecule has 1 saturated carbocycles. The number of rotatable bonds is 3. The van der Waals surface area contributed by atoms with Crippen molar-refractivity contribution in [2.24, 2.45) is 7.05 Å². The summed E-state index contributed by atoms with van der Waals surface area (Å²) in [5.41, 5.74) is 4.35. The molecular formula is C20H21BrN2O3. The summed E-state index contributed by atoms with van der Waals surface area (Å²) in [4.78, 5) is 24.4. The number of aryl methyl sites for hydroxylation is 2. The number of hydrogen-bond donors (Lipinski definition) is 1. The summed E-state index contributed by atoms with van der Waals surface area (Å²) in [6.07, 6.45) is 1.71. The molecule has 136 valence electrons. The van der Waals surface area contributed by atoms with Crippen molar-refractivity contribution >= 4 is 33.3 Å². The number of benzene rings is 1. The highest BCUT2D eigenvalue weighted by Crippen LogP contribution is 2.30. The third-order valence-corrected chi connectivity index (χ3v) is 5.44. The first-order chi connectivity index (χ1) is 12.3. The largest absolute Gasteiger partial charge is 0.506 e. The summed E-state index contributed by atoms with van der Waals surface area (Å²) in [7, 11) is 1.90. The maximum absolute atomic E-state index is 12.2. The van der Waals surface area contributed by atoms with Gasteiger partial charge in [-0.2, -0.15) is 5.10 Å². The summed E-state index contributed by atoms with van der Waals surface area (Å²) >= 11 is 3.47. The molecule has 1 fully saturated rings. The third-order valence-electron chi connectivity index (χ3n) is 4.95. The van der Waals surface area contributed by atoms with Gasteiger partial charge in [-0.05, 0) is 44.0 Å². The Hall–Kier alpha value is -2.21. The monoisotopic (exact) mass is 416 g/mol. The number of carbonyl (C=O) groups excluding carboxylic acids is 2. The van der Waals surface area contributed by atoms with E-state index in [4.69, 9.17) is 0 Å². The number of aliphatic hydroxyl groups excluding tert-OH is 1. The number of nitrogens with zero attached hydrogens (tertiary/aromatic N) is 2. The molecule has 26 heavy (non-hydrogen) atoms. The standard InChI is InChI=1S/C20H21BrN2O3/c1-11-16(12(2)23(3)22-11)10-13-9-14(21)7-8-15(13)20(26)19-17(24)5-4-6-18(19)25/h7-9,26H,4-6,10H2,1-3H3. The highest BCUT2D eigenvalue weighted by atomic mass is 79.9. The quantitative estimate of drug-likeness (QED) is 0.466. The second-order valence-corrected chi connectivity index (χ2v) is 7.59. The summed E-state index contributed by atoms with van der Waals surface area (Å²) in [5, 5.41) is 15.2. The first kappa shape index (κ1) is 18.6. The van der Waals surface area contributed by atoms with Crippen molar-refractivity contribution in [2.45, 2.75) is 39.5 Å². The van der Waals surface area contributed by atoms with E-state index in [0.717, 1.165) is 27.0 Å². The Labute approximate surface area is 160 Å². The number of hydrogen-bond acceptors (Lipinski definition) is 4. The fourth-order valence-electron chi connectivity index (χ4n) is 3.42. The fourth-order valence-corrected chi connectivity index (χ4v) is 3.83. The van der Waals surface area contributed by atoms with Crippen LogP contribution in [0.15, 0.2) is 28.2 Å². The fraction of sp³-hybridized carbons (Fsp3) is 0.350. The Morgan fingerprint density at radius 2 is 1.88 bits per heavy atom. The highest BCUT2D eigenvalue weighted by molar-refractivity contribution is 9.10. The maximum atomic E-state index is 12.2. The first-order valence-corrected chi connectivity index (χ1v) is 9.36. The minimum Gasteiger partial charge on any atom is -0.506 e. The lowest BCUT2D eigenvalue weighted by molar-refractivity contribution is -0.123. The summed E-state index contributed by atoms with van der Waals surface area (Å²) in [6, 6.07) is 5.46. The van der Waals surface area contributed by atoms with Crippen LogP contribution in [-0.4, -0.2) is 26.5 Å². The maximum Gasteiger partial charge on any atom is 0.170 e. The number of carbonyl (C=O) groups is 2. The van der Waals surface area contributed by atoms with E-state index in [1.54, 1.807) is 12.1 Å². The predicted octanol–water partition coefficient (Wildman–Crippen LogP) is 3.98. The van der Waals surface area contributed by atoms with Crippen LogP contribution in [0, 0.1) is 13.8 Å². The Balaban J connectivity index is 2.12. The summed E-state index contributed by atoms with van der Waals surface area (Å²) in [6.45, 7) is 3.95. The molecule has 0 atom stereocenters. The smallest absolute Gasteiger partial charge is 0.170 e. The van der Waals surface area contributed by atoms with Crippen LogP contribution in [0.5, 0.6) is 0 Å². The molecule has 0 unspecified atom stereocenters. The molecular weight excluding hydrogens is 396 g/mol. The summed E-state index contributed by atoms with van der Waals surface area (Å²) in [5.74, 6) is -0.760. The molecule has 0 amide bonds. The Morgan fingerprint density at radius 3 is 2.46 bits per heavy atom. The molecule has 1 heterocycles. The number of aliphatic hydroxyl groups is 1. The number of halogens is 1. The van der Waals surface area contributed by atoms with Crippen LogP contribution >= 0.6 is 15.9 Å². The summed E-state index contributed by atoms with van der Waals surface area (Å²) < 4.78 is 2.70. The van der Waals surface area contributed by atoms with E-state index in [9.17, 15) is 14.7 Å². The van der Waals surface area contributed by atoms with Crippen LogP contribution < -0.4 is 0 Å². The second-order valence-electron chi connectivity index (χ2n) is 6.67. The van der Waals surface area contributed by atoms with Crippen molar-refractivity contribution in [2.75, 3.05) is 0 Å². The van der Waals surface area contributed by atoms with Crippen molar-refractivity contribution in [1.82, 2.24) is 9.78 Å². The number of allylic oxidation sites excluding steroid dienone is 1. The first-order valence-electron chi connectivity index (χ1n) is 8.57. The lowest BCUT2D eigenvalue weighted by atomic mass is 9.88. The molecule has 5 nitrogen and oxygen atoms in total. The SMILES string of the molecule is Cc1nn(C)c(C)c1Cc1cc(Br)ccc1C(O)=C1C(=O)CCCC1=O. The lowest BCUT2D eigenvalue weighted by Crippen LogP contribution is -2.20. The van der Waals surface area contributed by atoms with E-state index in [-0.39, 0.29) is 22.9 Å². The van der Waals surface area contributed by atoms with Crippen LogP contribution in [0.25, 0.3) is 5.76 Å². The molecule has 1 aliphatic rings. The van der Waals surface area contributed by atoms with Gasteiger partial charge in [-0.1, -0.05) is 15.9 Å². The molecule has 1 aromatic heterocycles. The van der Waals surface area contributed by atoms with Gasteiger partial charge in [-0.15, -0.1) is 0 Å². The minimum absolute atomic E-state index is 0.0561. The van der Waals surface area contributed by atoms with Crippen molar-refractivity contribution in [1.29, 1.82) is 0 Å². The molecule has 0 saturated heterocycles. The van der Waals surface area contributed by atoms with E-state index in [1.807, 2.05) is 31.6 Å². The zero-order valence-corrected chi connectivity index (χ0v) is 16.7. The Bertz CT molecular complexity index is 923. The topological polar surface area (TPSA) is 72.2 Å². The molecule has 0 aliphatic heterocycles. The minimum atomic E-state index is -0.277. The van der Waals surface area contributed by atoms with Crippen molar-refractivity contribution in [3.05, 3.63) is 56.3 Å². The van der Waals surface area contributed by atoms with Gasteiger partial charge >= 0.3 is 0 Å². The second kappa shape index (κ2) is 7.19. The van der Waals surface area contributed by atoms with Gasteiger partial charge in [0, 0.05) is 47.6 Å². The van der Waals surface area contributed by atoms with Gasteiger partial charge in [0.25, 0.3) is 0 Å². The van der Waals surface area contributed by atoms with E-state index in [2.05, 4.69) is 21.0 Å². The van der Waals surface area contributed by atoms with Crippen LogP contribution in [-0.2, 0) is 23.1 Å². The van der Waals surface area contributed by atoms with Gasteiger partial charge < -0.3 is 5.11 Å². The van der Waals surface area contributed by atoms with Crippen LogP contribution in [0.1, 0.15) is 47.3 Å². The average molecular weight is 417 g/mol. The van der Waals surface area contributed by atoms with Crippen molar-refractivity contribution in [3.8, 4) is 0 Å². The molecule has 2 aromatic rings. The Morgan fingerprint density at radius 1 is 1.23 bits per heavy atom. The van der Waals surface area contributed by atoms with Crippen LogP contribution in [0.3, 0.4) is 0 Å². The molecule has 1 N–H and O–H groups in total. The van der Waals surface area contributed by atoms with Gasteiger partial charge in [-0.25, -0.2) is 0 Å².